The second-order valence-corrected chi connectivity index (χ2v) is 6.19. The van der Waals surface area contributed by atoms with Crippen LogP contribution in [-0.2, 0) is 9.53 Å². The Morgan fingerprint density at radius 2 is 1.95 bits per heavy atom. The summed E-state index contributed by atoms with van der Waals surface area (Å²) in [5.74, 6) is 0.709. The Bertz CT molecular complexity index is 266. The maximum Gasteiger partial charge on any atom is 0.323 e. The van der Waals surface area contributed by atoms with Gasteiger partial charge in [0.05, 0.1) is 6.61 Å². The third-order valence-electron chi connectivity index (χ3n) is 4.64. The van der Waals surface area contributed by atoms with Crippen molar-refractivity contribution < 1.29 is 9.53 Å². The Balaban J connectivity index is 1.59. The van der Waals surface area contributed by atoms with E-state index in [0.717, 1.165) is 18.8 Å². The number of carbonyl (C=O) groups excluding carboxylic acids is 1. The molecule has 1 N–H and O–H groups in total. The van der Waals surface area contributed by atoms with E-state index in [-0.39, 0.29) is 12.0 Å². The zero-order valence-corrected chi connectivity index (χ0v) is 12.3. The van der Waals surface area contributed by atoms with Crippen molar-refractivity contribution in [1.29, 1.82) is 0 Å². The number of esters is 1. The molecule has 2 rings (SSSR count). The van der Waals surface area contributed by atoms with E-state index in [0.29, 0.717) is 12.6 Å². The van der Waals surface area contributed by atoms with Crippen LogP contribution < -0.4 is 5.32 Å². The largest absolute Gasteiger partial charge is 0.465 e. The molecular formula is C16H29NO2. The lowest BCUT2D eigenvalue weighted by Crippen LogP contribution is -2.38. The van der Waals surface area contributed by atoms with Crippen LogP contribution in [-0.4, -0.2) is 24.7 Å². The lowest BCUT2D eigenvalue weighted by molar-refractivity contribution is -0.146. The van der Waals surface area contributed by atoms with Crippen LogP contribution in [0, 0.1) is 5.92 Å². The summed E-state index contributed by atoms with van der Waals surface area (Å²) in [6, 6.07) is 0.555. The van der Waals surface area contributed by atoms with Gasteiger partial charge in [0.2, 0.25) is 0 Å². The first kappa shape index (κ1) is 14.8. The van der Waals surface area contributed by atoms with Crippen molar-refractivity contribution in [1.82, 2.24) is 5.32 Å². The first-order chi connectivity index (χ1) is 9.31. The third kappa shape index (κ3) is 4.48. The number of carbonyl (C=O) groups is 1. The molecule has 110 valence electrons. The number of nitrogens with one attached hydrogen (secondary N) is 1. The van der Waals surface area contributed by atoms with Gasteiger partial charge in [-0.25, -0.2) is 0 Å². The second kappa shape index (κ2) is 7.88. The molecule has 0 aromatic carbocycles. The van der Waals surface area contributed by atoms with Gasteiger partial charge in [0.25, 0.3) is 0 Å². The van der Waals surface area contributed by atoms with E-state index < -0.39 is 0 Å². The average molecular weight is 267 g/mol. The minimum Gasteiger partial charge on any atom is -0.465 e. The normalized spacial score (nSPS) is 30.1. The van der Waals surface area contributed by atoms with Gasteiger partial charge in [0.1, 0.15) is 6.04 Å². The fraction of sp³-hybridized carbons (Fsp3) is 0.938. The lowest BCUT2D eigenvalue weighted by Gasteiger charge is -2.24. The highest BCUT2D eigenvalue weighted by atomic mass is 16.5. The van der Waals surface area contributed by atoms with Crippen LogP contribution >= 0.6 is 0 Å². The summed E-state index contributed by atoms with van der Waals surface area (Å²) < 4.78 is 5.41. The molecule has 0 aromatic rings. The third-order valence-corrected chi connectivity index (χ3v) is 4.64. The van der Waals surface area contributed by atoms with E-state index in [9.17, 15) is 4.79 Å². The Morgan fingerprint density at radius 3 is 2.74 bits per heavy atom. The quantitative estimate of drug-likeness (QED) is 0.567. The van der Waals surface area contributed by atoms with E-state index in [1.807, 2.05) is 0 Å². The monoisotopic (exact) mass is 267 g/mol. The fourth-order valence-electron chi connectivity index (χ4n) is 3.48. The van der Waals surface area contributed by atoms with Crippen molar-refractivity contribution in [2.75, 3.05) is 6.61 Å². The SMILES string of the molecule is CCCCCCCOC(=O)C1CC2CCCCC2N1. The molecule has 1 heterocycles. The number of ether oxygens (including phenoxy) is 1. The van der Waals surface area contributed by atoms with E-state index >= 15 is 0 Å². The molecule has 0 amide bonds. The molecule has 3 nitrogen and oxygen atoms in total. The van der Waals surface area contributed by atoms with Crippen molar-refractivity contribution in [2.45, 2.75) is 83.2 Å². The van der Waals surface area contributed by atoms with Gasteiger partial charge in [-0.15, -0.1) is 0 Å². The highest BCUT2D eigenvalue weighted by Crippen LogP contribution is 2.33. The van der Waals surface area contributed by atoms with Crippen molar-refractivity contribution >= 4 is 5.97 Å². The Morgan fingerprint density at radius 1 is 1.16 bits per heavy atom. The molecule has 1 aliphatic heterocycles. The minimum atomic E-state index is -0.0243. The topological polar surface area (TPSA) is 38.3 Å². The molecule has 0 bridgehead atoms. The van der Waals surface area contributed by atoms with Crippen LogP contribution in [0.2, 0.25) is 0 Å². The van der Waals surface area contributed by atoms with Gasteiger partial charge in [0, 0.05) is 6.04 Å². The molecule has 1 saturated carbocycles. The van der Waals surface area contributed by atoms with Gasteiger partial charge < -0.3 is 10.1 Å². The highest BCUT2D eigenvalue weighted by Gasteiger charge is 2.38. The van der Waals surface area contributed by atoms with Crippen LogP contribution in [0.1, 0.15) is 71.1 Å². The van der Waals surface area contributed by atoms with E-state index in [1.54, 1.807) is 0 Å². The van der Waals surface area contributed by atoms with Gasteiger partial charge in [-0.1, -0.05) is 45.4 Å². The predicted octanol–water partition coefficient (Wildman–Crippen LogP) is 3.42. The summed E-state index contributed by atoms with van der Waals surface area (Å²) in [7, 11) is 0. The van der Waals surface area contributed by atoms with Crippen molar-refractivity contribution in [3.05, 3.63) is 0 Å². The number of hydrogen-bond donors (Lipinski definition) is 1. The molecule has 3 atom stereocenters. The summed E-state index contributed by atoms with van der Waals surface area (Å²) in [4.78, 5) is 12.0. The molecule has 0 radical (unpaired) electrons. The lowest BCUT2D eigenvalue weighted by atomic mass is 9.85. The smallest absolute Gasteiger partial charge is 0.323 e. The summed E-state index contributed by atoms with van der Waals surface area (Å²) in [6.07, 6.45) is 12.2. The zero-order valence-electron chi connectivity index (χ0n) is 12.3. The Labute approximate surface area is 117 Å². The van der Waals surface area contributed by atoms with E-state index in [4.69, 9.17) is 4.74 Å². The number of fused-ring (bicyclic) bond motifs is 1. The minimum absolute atomic E-state index is 0.00936. The molecule has 1 saturated heterocycles. The van der Waals surface area contributed by atoms with Gasteiger partial charge in [0.15, 0.2) is 0 Å². The summed E-state index contributed by atoms with van der Waals surface area (Å²) >= 11 is 0. The van der Waals surface area contributed by atoms with Crippen LogP contribution in [0.4, 0.5) is 0 Å². The van der Waals surface area contributed by atoms with E-state index in [1.165, 1.54) is 51.4 Å². The number of rotatable bonds is 7. The van der Waals surface area contributed by atoms with Crippen LogP contribution in [0.15, 0.2) is 0 Å². The molecule has 0 aromatic heterocycles. The second-order valence-electron chi connectivity index (χ2n) is 6.19. The fourth-order valence-corrected chi connectivity index (χ4v) is 3.48. The summed E-state index contributed by atoms with van der Waals surface area (Å²) in [5, 5.41) is 3.48. The molecule has 2 fully saturated rings. The van der Waals surface area contributed by atoms with E-state index in [2.05, 4.69) is 12.2 Å². The number of unbranched alkanes of at least 4 members (excludes halogenated alkanes) is 4. The van der Waals surface area contributed by atoms with Crippen LogP contribution in [0.3, 0.4) is 0 Å². The first-order valence-electron chi connectivity index (χ1n) is 8.24. The van der Waals surface area contributed by atoms with Crippen LogP contribution in [0.25, 0.3) is 0 Å². The molecule has 1 aliphatic carbocycles. The Hall–Kier alpha value is -0.570. The highest BCUT2D eigenvalue weighted by molar-refractivity contribution is 5.76. The molecule has 2 aliphatic rings. The van der Waals surface area contributed by atoms with Gasteiger partial charge in [-0.2, -0.15) is 0 Å². The van der Waals surface area contributed by atoms with Crippen molar-refractivity contribution in [3.63, 3.8) is 0 Å². The Kier molecular flexibility index (Phi) is 6.15. The predicted molar refractivity (Wildman–Crippen MR) is 77.0 cm³/mol. The van der Waals surface area contributed by atoms with Gasteiger partial charge >= 0.3 is 5.97 Å². The maximum absolute atomic E-state index is 12.0. The van der Waals surface area contributed by atoms with Crippen molar-refractivity contribution in [3.8, 4) is 0 Å². The molecule has 3 unspecified atom stereocenters. The molecular weight excluding hydrogens is 238 g/mol. The molecule has 19 heavy (non-hydrogen) atoms. The van der Waals surface area contributed by atoms with Gasteiger partial charge in [-0.3, -0.25) is 4.79 Å². The summed E-state index contributed by atoms with van der Waals surface area (Å²) in [5.41, 5.74) is 0. The first-order valence-corrected chi connectivity index (χ1v) is 8.24. The maximum atomic E-state index is 12.0. The molecule has 3 heteroatoms. The average Bonchev–Trinajstić information content (AvgIpc) is 2.86. The standard InChI is InChI=1S/C16H29NO2/c1-2-3-4-5-8-11-19-16(18)15-12-13-9-6-7-10-14(13)17-15/h13-15,17H,2-12H2,1H3. The summed E-state index contributed by atoms with van der Waals surface area (Å²) in [6.45, 7) is 2.82. The van der Waals surface area contributed by atoms with Gasteiger partial charge in [-0.05, 0) is 31.6 Å². The molecule has 0 spiro atoms. The van der Waals surface area contributed by atoms with Crippen LogP contribution in [0.5, 0.6) is 0 Å². The number of hydrogen-bond acceptors (Lipinski definition) is 3. The zero-order chi connectivity index (χ0) is 13.5. The van der Waals surface area contributed by atoms with Crippen molar-refractivity contribution in [2.24, 2.45) is 5.92 Å².